The smallest absolute Gasteiger partial charge is 0.320 e. The van der Waals surface area contributed by atoms with Crippen LogP contribution >= 0.6 is 0 Å². The van der Waals surface area contributed by atoms with E-state index in [4.69, 9.17) is 5.11 Å². The SMILES string of the molecule is CN1CCN(CC(=O)N2C[C@@H]3C(C(=O)O)[C@@H]3C2)C1=O. The first kappa shape index (κ1) is 12.3. The van der Waals surface area contributed by atoms with Crippen molar-refractivity contribution in [2.75, 3.05) is 39.8 Å². The summed E-state index contributed by atoms with van der Waals surface area (Å²) in [7, 11) is 1.72. The van der Waals surface area contributed by atoms with Crippen molar-refractivity contribution < 1.29 is 19.5 Å². The van der Waals surface area contributed by atoms with E-state index in [1.807, 2.05) is 0 Å². The molecule has 1 N–H and O–H groups in total. The Bertz CT molecular complexity index is 440. The topological polar surface area (TPSA) is 81.2 Å². The Morgan fingerprint density at radius 1 is 1.26 bits per heavy atom. The average Bonchev–Trinajstić information content (AvgIpc) is 2.71. The molecule has 0 aromatic rings. The maximum absolute atomic E-state index is 12.1. The molecular weight excluding hydrogens is 250 g/mol. The zero-order valence-corrected chi connectivity index (χ0v) is 10.8. The van der Waals surface area contributed by atoms with Crippen molar-refractivity contribution in [1.82, 2.24) is 14.7 Å². The van der Waals surface area contributed by atoms with Crippen LogP contribution in [0.5, 0.6) is 0 Å². The van der Waals surface area contributed by atoms with Gasteiger partial charge in [-0.2, -0.15) is 0 Å². The summed E-state index contributed by atoms with van der Waals surface area (Å²) in [6.07, 6.45) is 0. The minimum absolute atomic E-state index is 0.0695. The monoisotopic (exact) mass is 267 g/mol. The Labute approximate surface area is 110 Å². The summed E-state index contributed by atoms with van der Waals surface area (Å²) < 4.78 is 0. The van der Waals surface area contributed by atoms with Crippen LogP contribution in [0.4, 0.5) is 4.79 Å². The molecule has 1 aliphatic carbocycles. The molecule has 3 amide bonds. The van der Waals surface area contributed by atoms with Crippen LogP contribution in [-0.4, -0.2) is 77.5 Å². The van der Waals surface area contributed by atoms with Crippen LogP contribution in [0.25, 0.3) is 0 Å². The lowest BCUT2D eigenvalue weighted by atomic mass is 10.2. The minimum atomic E-state index is -0.751. The fourth-order valence-electron chi connectivity index (χ4n) is 3.21. The highest BCUT2D eigenvalue weighted by Crippen LogP contribution is 2.51. The van der Waals surface area contributed by atoms with Gasteiger partial charge in [0.25, 0.3) is 0 Å². The van der Waals surface area contributed by atoms with E-state index in [0.29, 0.717) is 26.2 Å². The summed E-state index contributed by atoms with van der Waals surface area (Å²) >= 11 is 0. The molecule has 3 fully saturated rings. The molecule has 3 rings (SSSR count). The zero-order chi connectivity index (χ0) is 13.7. The second-order valence-corrected chi connectivity index (χ2v) is 5.62. The molecule has 3 aliphatic rings. The summed E-state index contributed by atoms with van der Waals surface area (Å²) in [5, 5.41) is 8.92. The Balaban J connectivity index is 1.51. The lowest BCUT2D eigenvalue weighted by molar-refractivity contribution is -0.141. The number of urea groups is 1. The molecule has 0 radical (unpaired) electrons. The molecule has 104 valence electrons. The fourth-order valence-corrected chi connectivity index (χ4v) is 3.21. The third-order valence-corrected chi connectivity index (χ3v) is 4.46. The van der Waals surface area contributed by atoms with Gasteiger partial charge in [-0.05, 0) is 11.8 Å². The largest absolute Gasteiger partial charge is 0.481 e. The van der Waals surface area contributed by atoms with Gasteiger partial charge in [0.2, 0.25) is 5.91 Å². The van der Waals surface area contributed by atoms with Crippen molar-refractivity contribution in [3.63, 3.8) is 0 Å². The number of carbonyl (C=O) groups excluding carboxylic acids is 2. The van der Waals surface area contributed by atoms with Crippen molar-refractivity contribution >= 4 is 17.9 Å². The van der Waals surface area contributed by atoms with Gasteiger partial charge >= 0.3 is 12.0 Å². The number of likely N-dealkylation sites (N-methyl/N-ethyl adjacent to an activating group) is 1. The number of nitrogens with zero attached hydrogens (tertiary/aromatic N) is 3. The van der Waals surface area contributed by atoms with Crippen LogP contribution in [0.15, 0.2) is 0 Å². The van der Waals surface area contributed by atoms with Crippen LogP contribution in [0.2, 0.25) is 0 Å². The average molecular weight is 267 g/mol. The molecule has 7 heteroatoms. The first-order valence-corrected chi connectivity index (χ1v) is 6.49. The molecule has 0 aromatic carbocycles. The number of carboxylic acids is 1. The molecule has 0 bridgehead atoms. The molecule has 0 spiro atoms. The molecule has 3 atom stereocenters. The highest BCUT2D eigenvalue weighted by Gasteiger charge is 2.60. The van der Waals surface area contributed by atoms with Crippen LogP contribution < -0.4 is 0 Å². The Morgan fingerprint density at radius 2 is 1.89 bits per heavy atom. The zero-order valence-electron chi connectivity index (χ0n) is 10.8. The van der Waals surface area contributed by atoms with E-state index in [9.17, 15) is 14.4 Å². The molecule has 2 aliphatic heterocycles. The Kier molecular flexibility index (Phi) is 2.65. The van der Waals surface area contributed by atoms with Gasteiger partial charge in [-0.15, -0.1) is 0 Å². The first-order valence-electron chi connectivity index (χ1n) is 6.49. The summed E-state index contributed by atoms with van der Waals surface area (Å²) in [6.45, 7) is 2.40. The number of piperidine rings is 1. The Hall–Kier alpha value is -1.79. The number of hydrogen-bond acceptors (Lipinski definition) is 3. The standard InChI is InChI=1S/C12H17N3O4/c1-13-2-3-14(12(13)19)6-9(16)15-4-7-8(5-15)10(7)11(17)18/h7-8,10H,2-6H2,1H3,(H,17,18)/t7-,8+,10?. The van der Waals surface area contributed by atoms with Crippen LogP contribution in [0.3, 0.4) is 0 Å². The number of amides is 3. The number of likely N-dealkylation sites (tertiary alicyclic amines) is 1. The molecule has 1 saturated carbocycles. The summed E-state index contributed by atoms with van der Waals surface area (Å²) in [5.41, 5.74) is 0. The molecular formula is C12H17N3O4. The van der Waals surface area contributed by atoms with Crippen molar-refractivity contribution in [3.8, 4) is 0 Å². The number of carbonyl (C=O) groups is 3. The summed E-state index contributed by atoms with van der Waals surface area (Å²) in [6, 6.07) is -0.110. The third kappa shape index (κ3) is 1.93. The quantitative estimate of drug-likeness (QED) is 0.721. The molecule has 1 unspecified atom stereocenters. The second-order valence-electron chi connectivity index (χ2n) is 5.62. The molecule has 2 heterocycles. The maximum atomic E-state index is 12.1. The molecule has 19 heavy (non-hydrogen) atoms. The van der Waals surface area contributed by atoms with Gasteiger partial charge < -0.3 is 19.8 Å². The van der Waals surface area contributed by atoms with E-state index >= 15 is 0 Å². The van der Waals surface area contributed by atoms with Crippen molar-refractivity contribution in [3.05, 3.63) is 0 Å². The highest BCUT2D eigenvalue weighted by molar-refractivity contribution is 5.86. The van der Waals surface area contributed by atoms with Gasteiger partial charge in [-0.25, -0.2) is 4.79 Å². The second kappa shape index (κ2) is 4.11. The Morgan fingerprint density at radius 3 is 2.37 bits per heavy atom. The lowest BCUT2D eigenvalue weighted by Crippen LogP contribution is -2.42. The highest BCUT2D eigenvalue weighted by atomic mass is 16.4. The number of fused-ring (bicyclic) bond motifs is 1. The first-order chi connectivity index (χ1) is 8.99. The van der Waals surface area contributed by atoms with Gasteiger partial charge in [-0.3, -0.25) is 9.59 Å². The fraction of sp³-hybridized carbons (Fsp3) is 0.750. The van der Waals surface area contributed by atoms with E-state index in [0.717, 1.165) is 0 Å². The van der Waals surface area contributed by atoms with Crippen molar-refractivity contribution in [2.45, 2.75) is 0 Å². The predicted molar refractivity (Wildman–Crippen MR) is 64.3 cm³/mol. The van der Waals surface area contributed by atoms with E-state index in [-0.39, 0.29) is 36.2 Å². The van der Waals surface area contributed by atoms with Crippen molar-refractivity contribution in [2.24, 2.45) is 17.8 Å². The van der Waals surface area contributed by atoms with E-state index in [1.54, 1.807) is 21.7 Å². The van der Waals surface area contributed by atoms with Gasteiger partial charge in [0.05, 0.1) is 5.92 Å². The van der Waals surface area contributed by atoms with Gasteiger partial charge in [-0.1, -0.05) is 0 Å². The lowest BCUT2D eigenvalue weighted by Gasteiger charge is -2.22. The summed E-state index contributed by atoms with van der Waals surface area (Å²) in [4.78, 5) is 39.4. The van der Waals surface area contributed by atoms with E-state index in [1.165, 1.54) is 0 Å². The number of aliphatic carboxylic acids is 1. The molecule has 2 saturated heterocycles. The van der Waals surface area contributed by atoms with Crippen LogP contribution in [0.1, 0.15) is 0 Å². The van der Waals surface area contributed by atoms with Gasteiger partial charge in [0, 0.05) is 33.2 Å². The normalized spacial score (nSPS) is 32.8. The number of rotatable bonds is 3. The van der Waals surface area contributed by atoms with Crippen molar-refractivity contribution in [1.29, 1.82) is 0 Å². The number of hydrogen-bond donors (Lipinski definition) is 1. The van der Waals surface area contributed by atoms with Gasteiger partial charge in [0.15, 0.2) is 0 Å². The minimum Gasteiger partial charge on any atom is -0.481 e. The third-order valence-electron chi connectivity index (χ3n) is 4.46. The number of carboxylic acid groups (broad SMARTS) is 1. The summed E-state index contributed by atoms with van der Waals surface area (Å²) in [5.74, 6) is -0.834. The van der Waals surface area contributed by atoms with E-state index in [2.05, 4.69) is 0 Å². The predicted octanol–water partition coefficient (Wildman–Crippen LogP) is -0.857. The van der Waals surface area contributed by atoms with E-state index < -0.39 is 5.97 Å². The van der Waals surface area contributed by atoms with Gasteiger partial charge in [0.1, 0.15) is 6.54 Å². The molecule has 0 aromatic heterocycles. The maximum Gasteiger partial charge on any atom is 0.320 e. The molecule has 7 nitrogen and oxygen atoms in total. The van der Waals surface area contributed by atoms with Crippen LogP contribution in [0, 0.1) is 17.8 Å². The van der Waals surface area contributed by atoms with Crippen LogP contribution in [-0.2, 0) is 9.59 Å².